The molecule has 0 radical (unpaired) electrons. The summed E-state index contributed by atoms with van der Waals surface area (Å²) in [6.07, 6.45) is -0.973. The van der Waals surface area contributed by atoms with Gasteiger partial charge in [0, 0.05) is 11.5 Å². The number of phenols is 1. The summed E-state index contributed by atoms with van der Waals surface area (Å²) < 4.78 is 9.95. The highest BCUT2D eigenvalue weighted by atomic mass is 16.7. The van der Waals surface area contributed by atoms with Crippen molar-refractivity contribution >= 4 is 23.5 Å². The lowest BCUT2D eigenvalue weighted by Crippen LogP contribution is -2.66. The topological polar surface area (TPSA) is 157 Å². The zero-order chi connectivity index (χ0) is 24.2. The molecule has 0 heterocycles. The second-order valence-electron chi connectivity index (χ2n) is 8.55. The Labute approximate surface area is 188 Å². The number of ketones is 2. The molecule has 0 amide bonds. The van der Waals surface area contributed by atoms with Crippen molar-refractivity contribution in [1.82, 2.24) is 4.90 Å². The van der Waals surface area contributed by atoms with E-state index in [0.29, 0.717) is 5.56 Å². The fourth-order valence-electron chi connectivity index (χ4n) is 5.37. The van der Waals surface area contributed by atoms with Gasteiger partial charge in [-0.25, -0.2) is 4.79 Å². The molecular weight excluding hydrogens is 432 g/mol. The number of Topliss-reactive ketones (excluding diaryl/α,β-unsaturated/α-hetero) is 2. The van der Waals surface area contributed by atoms with Crippen LogP contribution in [-0.2, 0) is 25.5 Å². The Morgan fingerprint density at radius 3 is 2.55 bits per heavy atom. The number of rotatable bonds is 2. The Balaban J connectivity index is 2.04. The number of nitriles is 1. The average molecular weight is 454 g/mol. The number of methoxy groups -OCH3 is 1. The molecule has 10 heteroatoms. The fourth-order valence-corrected chi connectivity index (χ4v) is 5.37. The predicted molar refractivity (Wildman–Crippen MR) is 112 cm³/mol. The highest BCUT2D eigenvalue weighted by Gasteiger charge is 2.67. The van der Waals surface area contributed by atoms with E-state index in [1.165, 1.54) is 11.0 Å². The molecule has 0 aliphatic heterocycles. The van der Waals surface area contributed by atoms with Gasteiger partial charge in [0.15, 0.2) is 11.5 Å². The van der Waals surface area contributed by atoms with Gasteiger partial charge in [0.2, 0.25) is 11.4 Å². The number of aliphatic hydroxyl groups is 2. The number of aromatic hydroxyl groups is 1. The maximum Gasteiger partial charge on any atom is 0.509 e. The van der Waals surface area contributed by atoms with Crippen LogP contribution < -0.4 is 0 Å². The van der Waals surface area contributed by atoms with Crippen molar-refractivity contribution in [3.63, 3.8) is 0 Å². The molecule has 3 aliphatic rings. The molecule has 2 unspecified atom stereocenters. The standard InChI is InChI=1S/C23H22N2O8/c1-25(2)17-13-8-11-7-10-5-4-6-14(26)15(10)19(28)16(11)21(30)23(13,33-22(31)32-3)20(29)12(9-24)18(17)27/h4-6,11,13,17,26,28-29H,7-8H2,1-3H3/t11-,13-,17?,23?/m0/s1. The smallest absolute Gasteiger partial charge is 0.507 e. The van der Waals surface area contributed by atoms with E-state index in [4.69, 9.17) is 4.74 Å². The monoisotopic (exact) mass is 454 g/mol. The molecule has 1 aromatic carbocycles. The summed E-state index contributed by atoms with van der Waals surface area (Å²) in [5.41, 5.74) is -2.64. The number of hydrogen-bond acceptors (Lipinski definition) is 10. The van der Waals surface area contributed by atoms with E-state index in [2.05, 4.69) is 4.74 Å². The van der Waals surface area contributed by atoms with Crippen LogP contribution in [0.4, 0.5) is 4.79 Å². The summed E-state index contributed by atoms with van der Waals surface area (Å²) in [6, 6.07) is 5.23. The van der Waals surface area contributed by atoms with Crippen molar-refractivity contribution in [2.45, 2.75) is 24.5 Å². The van der Waals surface area contributed by atoms with Gasteiger partial charge in [-0.1, -0.05) is 12.1 Å². The van der Waals surface area contributed by atoms with Crippen molar-refractivity contribution in [3.8, 4) is 11.8 Å². The van der Waals surface area contributed by atoms with Crippen LogP contribution in [0.2, 0.25) is 0 Å². The van der Waals surface area contributed by atoms with Crippen molar-refractivity contribution in [1.29, 1.82) is 5.26 Å². The number of phenolic OH excluding ortho intramolecular Hbond substituents is 1. The zero-order valence-corrected chi connectivity index (χ0v) is 18.2. The molecule has 3 aliphatic carbocycles. The first-order valence-electron chi connectivity index (χ1n) is 10.2. The molecule has 4 atom stereocenters. The van der Waals surface area contributed by atoms with Crippen LogP contribution in [0.1, 0.15) is 17.5 Å². The molecule has 0 saturated heterocycles. The van der Waals surface area contributed by atoms with Crippen molar-refractivity contribution in [3.05, 3.63) is 46.2 Å². The SMILES string of the molecule is COC(=O)OC12C(=O)C3=C(O)c4c(O)cccc4C[C@H]3C[C@H]1C(N(C)C)C(=O)C(C#N)=C2O. The molecule has 4 rings (SSSR count). The summed E-state index contributed by atoms with van der Waals surface area (Å²) in [5, 5.41) is 41.9. The molecule has 33 heavy (non-hydrogen) atoms. The van der Waals surface area contributed by atoms with E-state index in [1.807, 2.05) is 0 Å². The summed E-state index contributed by atoms with van der Waals surface area (Å²) in [4.78, 5) is 40.8. The van der Waals surface area contributed by atoms with Gasteiger partial charge < -0.3 is 24.8 Å². The minimum absolute atomic E-state index is 0.0641. The Morgan fingerprint density at radius 1 is 1.24 bits per heavy atom. The number of carbonyl (C=O) groups is 3. The Hall–Kier alpha value is -3.84. The molecule has 10 nitrogen and oxygen atoms in total. The fraction of sp³-hybridized carbons (Fsp3) is 0.391. The van der Waals surface area contributed by atoms with Crippen LogP contribution >= 0.6 is 0 Å². The van der Waals surface area contributed by atoms with E-state index in [-0.39, 0.29) is 29.7 Å². The molecule has 1 fully saturated rings. The second-order valence-corrected chi connectivity index (χ2v) is 8.55. The van der Waals surface area contributed by atoms with Gasteiger partial charge in [-0.05, 0) is 44.5 Å². The Morgan fingerprint density at radius 2 is 1.94 bits per heavy atom. The minimum Gasteiger partial charge on any atom is -0.507 e. The number of ether oxygens (including phenoxy) is 2. The molecule has 1 saturated carbocycles. The largest absolute Gasteiger partial charge is 0.509 e. The van der Waals surface area contributed by atoms with Crippen molar-refractivity contribution < 1.29 is 39.2 Å². The first-order valence-corrected chi connectivity index (χ1v) is 10.2. The first-order chi connectivity index (χ1) is 15.6. The van der Waals surface area contributed by atoms with Gasteiger partial charge in [-0.3, -0.25) is 14.5 Å². The second kappa shape index (κ2) is 7.64. The van der Waals surface area contributed by atoms with E-state index in [9.17, 15) is 35.0 Å². The number of fused-ring (bicyclic) bond motifs is 3. The van der Waals surface area contributed by atoms with Gasteiger partial charge in [-0.2, -0.15) is 5.26 Å². The molecule has 3 N–H and O–H groups in total. The molecule has 172 valence electrons. The van der Waals surface area contributed by atoms with Crippen molar-refractivity contribution in [2.24, 2.45) is 11.8 Å². The highest BCUT2D eigenvalue weighted by molar-refractivity contribution is 6.15. The van der Waals surface area contributed by atoms with Gasteiger partial charge in [0.1, 0.15) is 23.2 Å². The summed E-state index contributed by atoms with van der Waals surface area (Å²) in [7, 11) is 4.16. The molecule has 0 spiro atoms. The average Bonchev–Trinajstić information content (AvgIpc) is 2.75. The lowest BCUT2D eigenvalue weighted by atomic mass is 9.57. The quantitative estimate of drug-likeness (QED) is 0.563. The zero-order valence-electron chi connectivity index (χ0n) is 18.2. The van der Waals surface area contributed by atoms with Crippen LogP contribution in [0.5, 0.6) is 5.75 Å². The summed E-state index contributed by atoms with van der Waals surface area (Å²) in [6.45, 7) is 0. The Bertz CT molecular complexity index is 1190. The number of carbonyl (C=O) groups excluding carboxylic acids is 3. The first kappa shape index (κ1) is 22.4. The number of nitrogens with zero attached hydrogens (tertiary/aromatic N) is 2. The van der Waals surface area contributed by atoms with Gasteiger partial charge in [-0.15, -0.1) is 0 Å². The van der Waals surface area contributed by atoms with E-state index >= 15 is 0 Å². The highest BCUT2D eigenvalue weighted by Crippen LogP contribution is 2.54. The van der Waals surface area contributed by atoms with Crippen molar-refractivity contribution in [2.75, 3.05) is 21.2 Å². The van der Waals surface area contributed by atoms with Crippen LogP contribution in [-0.4, -0.2) is 70.8 Å². The number of benzene rings is 1. The van der Waals surface area contributed by atoms with Crippen LogP contribution in [0.15, 0.2) is 35.1 Å². The van der Waals surface area contributed by atoms with Crippen LogP contribution in [0.25, 0.3) is 5.76 Å². The maximum atomic E-state index is 14.0. The number of hydrogen-bond donors (Lipinski definition) is 3. The van der Waals surface area contributed by atoms with E-state index < -0.39 is 58.3 Å². The third-order valence-electron chi connectivity index (χ3n) is 6.70. The predicted octanol–water partition coefficient (Wildman–Crippen LogP) is 1.79. The normalized spacial score (nSPS) is 28.6. The van der Waals surface area contributed by atoms with Gasteiger partial charge in [0.05, 0.1) is 18.7 Å². The lowest BCUT2D eigenvalue weighted by Gasteiger charge is -2.51. The summed E-state index contributed by atoms with van der Waals surface area (Å²) >= 11 is 0. The van der Waals surface area contributed by atoms with Crippen LogP contribution in [0.3, 0.4) is 0 Å². The van der Waals surface area contributed by atoms with Crippen LogP contribution in [0, 0.1) is 23.2 Å². The summed E-state index contributed by atoms with van der Waals surface area (Å²) in [5.74, 6) is -5.05. The number of aliphatic hydroxyl groups excluding tert-OH is 2. The van der Waals surface area contributed by atoms with Gasteiger partial charge >= 0.3 is 6.16 Å². The van der Waals surface area contributed by atoms with E-state index in [1.54, 1.807) is 32.3 Å². The molecule has 1 aromatic rings. The molecule has 0 bridgehead atoms. The molecular formula is C23H22N2O8. The van der Waals surface area contributed by atoms with E-state index in [0.717, 1.165) is 7.11 Å². The Kier molecular flexibility index (Phi) is 5.17. The molecule has 0 aromatic heterocycles. The third-order valence-corrected chi connectivity index (χ3v) is 6.70. The lowest BCUT2D eigenvalue weighted by molar-refractivity contribution is -0.157. The minimum atomic E-state index is -2.46. The maximum absolute atomic E-state index is 14.0. The number of likely N-dealkylation sites (N-methyl/N-ethyl adjacent to an activating group) is 1. The third kappa shape index (κ3) is 2.93. The van der Waals surface area contributed by atoms with Gasteiger partial charge in [0.25, 0.3) is 0 Å².